The molecule has 4 heterocycles. The second kappa shape index (κ2) is 23.9. The van der Waals surface area contributed by atoms with Crippen molar-refractivity contribution in [1.82, 2.24) is 35.7 Å². The molecule has 2 aromatic heterocycles. The molecular formula is C55H65F4N9O7S. The number of hydrogen-bond acceptors (Lipinski definition) is 11. The molecule has 1 unspecified atom stereocenters. The Morgan fingerprint density at radius 1 is 0.882 bits per heavy atom. The fraction of sp³-hybridized carbons (Fsp3) is 0.436. The second-order valence-corrected chi connectivity index (χ2v) is 21.6. The van der Waals surface area contributed by atoms with E-state index in [1.807, 2.05) is 57.0 Å². The summed E-state index contributed by atoms with van der Waals surface area (Å²) in [6, 6.07) is 14.7. The van der Waals surface area contributed by atoms with Gasteiger partial charge >= 0.3 is 6.18 Å². The van der Waals surface area contributed by atoms with Crippen LogP contribution in [0.2, 0.25) is 0 Å². The van der Waals surface area contributed by atoms with E-state index in [0.29, 0.717) is 50.3 Å². The van der Waals surface area contributed by atoms with Gasteiger partial charge in [0, 0.05) is 81.0 Å². The molecule has 2 aliphatic rings. The quantitative estimate of drug-likeness (QED) is 0.0399. The number of aliphatic hydroxyl groups is 1. The topological polar surface area (TPSA) is 209 Å². The molecule has 76 heavy (non-hydrogen) atoms. The Labute approximate surface area is 442 Å². The summed E-state index contributed by atoms with van der Waals surface area (Å²) in [5.74, 6) is -3.62. The van der Waals surface area contributed by atoms with Crippen LogP contribution in [0.1, 0.15) is 104 Å². The molecular weight excluding hydrogens is 1010 g/mol. The lowest BCUT2D eigenvalue weighted by Crippen LogP contribution is -2.57. The molecule has 21 heteroatoms. The van der Waals surface area contributed by atoms with Crippen LogP contribution in [0.4, 0.5) is 28.9 Å². The van der Waals surface area contributed by atoms with Crippen molar-refractivity contribution in [3.8, 4) is 21.6 Å². The van der Waals surface area contributed by atoms with E-state index >= 15 is 4.39 Å². The minimum absolute atomic E-state index is 0.00663. The molecule has 0 bridgehead atoms. The number of benzene rings is 3. The van der Waals surface area contributed by atoms with E-state index in [1.54, 1.807) is 49.8 Å². The van der Waals surface area contributed by atoms with E-state index in [0.717, 1.165) is 27.8 Å². The first kappa shape index (κ1) is 56.8. The van der Waals surface area contributed by atoms with Crippen LogP contribution in [0.15, 0.2) is 83.2 Å². The van der Waals surface area contributed by atoms with Gasteiger partial charge in [-0.15, -0.1) is 11.3 Å². The summed E-state index contributed by atoms with van der Waals surface area (Å²) in [7, 11) is 1.98. The van der Waals surface area contributed by atoms with Gasteiger partial charge in [-0.25, -0.2) is 9.37 Å². The summed E-state index contributed by atoms with van der Waals surface area (Å²) in [4.78, 5) is 92.8. The molecule has 0 radical (unpaired) electrons. The van der Waals surface area contributed by atoms with Crippen LogP contribution in [-0.2, 0) is 27.1 Å². The largest absolute Gasteiger partial charge is 0.417 e. The van der Waals surface area contributed by atoms with Gasteiger partial charge < -0.3 is 41.2 Å². The van der Waals surface area contributed by atoms with Gasteiger partial charge in [-0.1, -0.05) is 57.5 Å². The molecule has 2 saturated heterocycles. The second-order valence-electron chi connectivity index (χ2n) is 20.8. The predicted octanol–water partition coefficient (Wildman–Crippen LogP) is 7.51. The van der Waals surface area contributed by atoms with Gasteiger partial charge in [0.2, 0.25) is 23.3 Å². The zero-order chi connectivity index (χ0) is 55.2. The van der Waals surface area contributed by atoms with Crippen molar-refractivity contribution in [3.05, 3.63) is 123 Å². The van der Waals surface area contributed by atoms with Gasteiger partial charge in [-0.3, -0.25) is 33.7 Å². The molecule has 3 aromatic carbocycles. The van der Waals surface area contributed by atoms with Crippen LogP contribution in [0.25, 0.3) is 21.6 Å². The maximum Gasteiger partial charge on any atom is 0.417 e. The highest BCUT2D eigenvalue weighted by Crippen LogP contribution is 2.37. The molecule has 0 spiro atoms. The van der Waals surface area contributed by atoms with Crippen molar-refractivity contribution in [2.75, 3.05) is 43.4 Å². The Morgan fingerprint density at radius 2 is 1.58 bits per heavy atom. The number of amides is 5. The van der Waals surface area contributed by atoms with E-state index in [1.165, 1.54) is 23.1 Å². The number of likely N-dealkylation sites (N-methyl/N-ethyl adjacent to an activating group) is 1. The summed E-state index contributed by atoms with van der Waals surface area (Å²) >= 11 is 1.55. The Morgan fingerprint density at radius 3 is 2.24 bits per heavy atom. The number of alkyl halides is 3. The number of aryl methyl sites for hydroxylation is 1. The first-order valence-corrected chi connectivity index (χ1v) is 26.1. The van der Waals surface area contributed by atoms with Crippen molar-refractivity contribution in [1.29, 1.82) is 0 Å². The van der Waals surface area contributed by atoms with Crippen molar-refractivity contribution in [3.63, 3.8) is 0 Å². The molecule has 6 N–H and O–H groups in total. The van der Waals surface area contributed by atoms with E-state index < -0.39 is 75.9 Å². The fourth-order valence-corrected chi connectivity index (χ4v) is 10.4. The number of aromatic amines is 1. The smallest absolute Gasteiger partial charge is 0.391 e. The monoisotopic (exact) mass is 1070 g/mol. The lowest BCUT2D eigenvalue weighted by molar-refractivity contribution is -0.144. The van der Waals surface area contributed by atoms with Gasteiger partial charge in [0.25, 0.3) is 11.8 Å². The Hall–Kier alpha value is -6.97. The number of thiazole rings is 1. The number of halogens is 4. The maximum absolute atomic E-state index is 15.6. The Balaban J connectivity index is 0.934. The standard InChI is InChI=1S/C55H65F4N9O7S/c1-31-27-67(28-32(2)66(31)7)44-19-17-36(22-43(44)64-51(73)40-26-61-47(71)24-41(40)55(57,58)59)39-21-37(16-18-42(39)56)50(72)60-20-10-8-9-11-46(70)65-49(54(4,5)6)53(75)68-29-38(69)23-45(68)52(74)62-25-34-12-14-35(15-13-34)48-33(3)63-30-76-48/h12-19,21-22,24,26,30-32,38,45,49,69H,8-11,20,23,25,27-29H2,1-7H3,(H,60,72)(H,61,71)(H,62,74)(H,64,73)(H,65,70)/t31-,32+,38-,45+,49?/m1/s1. The van der Waals surface area contributed by atoms with Gasteiger partial charge in [-0.05, 0) is 93.1 Å². The molecule has 2 aliphatic heterocycles. The minimum atomic E-state index is -5.01. The number of piperazine rings is 1. The first-order chi connectivity index (χ1) is 35.9. The maximum atomic E-state index is 15.6. The number of β-amino-alcohol motifs (C(OH)–C–C–N with tert-alkyl or cyclic N) is 1. The van der Waals surface area contributed by atoms with E-state index in [2.05, 4.69) is 36.1 Å². The highest BCUT2D eigenvalue weighted by Gasteiger charge is 2.44. The lowest BCUT2D eigenvalue weighted by atomic mass is 9.85. The number of pyridine rings is 1. The van der Waals surface area contributed by atoms with Gasteiger partial charge in [-0.2, -0.15) is 13.2 Å². The molecule has 16 nitrogen and oxygen atoms in total. The summed E-state index contributed by atoms with van der Waals surface area (Å²) in [5.41, 5.74) is 1.50. The van der Waals surface area contributed by atoms with Crippen LogP contribution in [0.5, 0.6) is 0 Å². The highest BCUT2D eigenvalue weighted by molar-refractivity contribution is 7.13. The first-order valence-electron chi connectivity index (χ1n) is 25.2. The third-order valence-corrected chi connectivity index (χ3v) is 15.0. The van der Waals surface area contributed by atoms with Crippen LogP contribution in [0, 0.1) is 18.2 Å². The molecule has 0 aliphatic carbocycles. The normalized spacial score (nSPS) is 18.5. The number of anilines is 2. The highest BCUT2D eigenvalue weighted by atomic mass is 32.1. The van der Waals surface area contributed by atoms with E-state index in [4.69, 9.17) is 0 Å². The number of aliphatic hydroxyl groups excluding tert-OH is 1. The Bertz CT molecular complexity index is 2980. The fourth-order valence-electron chi connectivity index (χ4n) is 9.56. The lowest BCUT2D eigenvalue weighted by Gasteiger charge is -2.44. The summed E-state index contributed by atoms with van der Waals surface area (Å²) < 4.78 is 57.7. The molecule has 406 valence electrons. The van der Waals surface area contributed by atoms with Crippen molar-refractivity contribution in [2.24, 2.45) is 5.41 Å². The molecule has 7 rings (SSSR count). The zero-order valence-electron chi connectivity index (χ0n) is 43.6. The number of nitrogens with one attached hydrogen (secondary N) is 5. The van der Waals surface area contributed by atoms with Crippen LogP contribution in [-0.4, -0.2) is 118 Å². The van der Waals surface area contributed by atoms with E-state index in [-0.39, 0.29) is 72.8 Å². The van der Waals surface area contributed by atoms with Crippen molar-refractivity contribution in [2.45, 2.75) is 117 Å². The van der Waals surface area contributed by atoms with Gasteiger partial charge in [0.15, 0.2) is 0 Å². The number of carbonyl (C=O) groups excluding carboxylic acids is 5. The zero-order valence-corrected chi connectivity index (χ0v) is 44.4. The molecule has 0 saturated carbocycles. The molecule has 2 fully saturated rings. The third kappa shape index (κ3) is 13.7. The number of rotatable bonds is 17. The summed E-state index contributed by atoms with van der Waals surface area (Å²) in [6.07, 6.45) is -3.67. The number of H-pyrrole nitrogens is 1. The third-order valence-electron chi connectivity index (χ3n) is 14.0. The predicted molar refractivity (Wildman–Crippen MR) is 283 cm³/mol. The minimum Gasteiger partial charge on any atom is -0.391 e. The van der Waals surface area contributed by atoms with E-state index in [9.17, 15) is 47.0 Å². The van der Waals surface area contributed by atoms with Crippen LogP contribution in [0.3, 0.4) is 0 Å². The average molecular weight is 1070 g/mol. The van der Waals surface area contributed by atoms with Crippen molar-refractivity contribution < 1.29 is 46.6 Å². The molecule has 5 amide bonds. The molecule has 5 aromatic rings. The molecule has 5 atom stereocenters. The number of hydrogen-bond donors (Lipinski definition) is 6. The van der Waals surface area contributed by atoms with Crippen molar-refractivity contribution >= 4 is 52.2 Å². The van der Waals surface area contributed by atoms with Gasteiger partial charge in [0.1, 0.15) is 17.9 Å². The average Bonchev–Trinajstić information content (AvgIpc) is 4.00. The van der Waals surface area contributed by atoms with Gasteiger partial charge in [0.05, 0.1) is 44.7 Å². The number of nitrogens with zero attached hydrogens (tertiary/aromatic N) is 4. The SMILES string of the molecule is Cc1ncsc1-c1ccc(CNC(=O)[C@@H]2C[C@@H](O)CN2C(=O)C(NC(=O)CCCCCNC(=O)c2ccc(F)c(-c3ccc(N4C[C@@H](C)N(C)[C@@H](C)C4)c(NC(=O)c4c[nH]c(=O)cc4C(F)(F)F)c3)c2)C(C)(C)C)cc1. The van der Waals surface area contributed by atoms with Crippen LogP contribution < -0.4 is 31.7 Å². The summed E-state index contributed by atoms with van der Waals surface area (Å²) in [6.45, 7) is 12.8. The number of carbonyl (C=O) groups is 5. The number of unbranched alkanes of at least 4 members (excludes halogenated alkanes) is 2. The summed E-state index contributed by atoms with van der Waals surface area (Å²) in [5, 5.41) is 21.8. The number of aromatic nitrogens is 2. The Kier molecular flexibility index (Phi) is 17.9. The number of likely N-dealkylation sites (tertiary alicyclic amines) is 1. The van der Waals surface area contributed by atoms with Crippen LogP contribution >= 0.6 is 11.3 Å².